The monoisotopic (exact) mass is 371 g/mol. The van der Waals surface area contributed by atoms with Gasteiger partial charge >= 0.3 is 0 Å². The molecule has 0 fully saturated rings. The van der Waals surface area contributed by atoms with Gasteiger partial charge in [0.1, 0.15) is 0 Å². The third-order valence-electron chi connectivity index (χ3n) is 3.50. The van der Waals surface area contributed by atoms with Gasteiger partial charge in [-0.25, -0.2) is 9.36 Å². The smallest absolute Gasteiger partial charge is 0.266 e. The molecule has 0 aliphatic rings. The Morgan fingerprint density at radius 3 is 2.73 bits per heavy atom. The second-order valence-corrected chi connectivity index (χ2v) is 6.31. The lowest BCUT2D eigenvalue weighted by atomic mass is 10.1. The maximum Gasteiger partial charge on any atom is 0.266 e. The molecule has 134 valence electrons. The van der Waals surface area contributed by atoms with E-state index < -0.39 is 0 Å². The molecule has 0 aliphatic heterocycles. The lowest BCUT2D eigenvalue weighted by Gasteiger charge is -2.08. The van der Waals surface area contributed by atoms with Crippen molar-refractivity contribution in [3.8, 4) is 11.3 Å². The Morgan fingerprint density at radius 1 is 1.19 bits per heavy atom. The van der Waals surface area contributed by atoms with Gasteiger partial charge in [-0.05, 0) is 16.5 Å². The van der Waals surface area contributed by atoms with E-state index in [9.17, 15) is 9.59 Å². The van der Waals surface area contributed by atoms with Crippen LogP contribution in [0.3, 0.4) is 0 Å². The van der Waals surface area contributed by atoms with Crippen molar-refractivity contribution < 1.29 is 4.79 Å². The maximum absolute atomic E-state index is 12.0. The third kappa shape index (κ3) is 4.54. The van der Waals surface area contributed by atoms with Crippen molar-refractivity contribution in [1.29, 1.82) is 0 Å². The minimum atomic E-state index is -0.210. The highest BCUT2D eigenvalue weighted by molar-refractivity contribution is 7.99. The van der Waals surface area contributed by atoms with E-state index >= 15 is 0 Å². The van der Waals surface area contributed by atoms with Crippen molar-refractivity contribution in [2.45, 2.75) is 11.7 Å². The molecule has 2 heterocycles. The van der Waals surface area contributed by atoms with Gasteiger partial charge in [-0.15, -0.1) is 5.10 Å². The summed E-state index contributed by atoms with van der Waals surface area (Å²) in [5.74, 6) is 0.0332. The van der Waals surface area contributed by atoms with Crippen molar-refractivity contribution in [3.05, 3.63) is 52.8 Å². The summed E-state index contributed by atoms with van der Waals surface area (Å²) in [5.41, 5.74) is 1.43. The van der Waals surface area contributed by atoms with Gasteiger partial charge in [-0.3, -0.25) is 9.59 Å². The number of tetrazole rings is 1. The van der Waals surface area contributed by atoms with Crippen LogP contribution in [0.2, 0.25) is 0 Å². The zero-order valence-electron chi connectivity index (χ0n) is 14.1. The first-order valence-corrected chi connectivity index (χ1v) is 8.87. The summed E-state index contributed by atoms with van der Waals surface area (Å²) in [5, 5.41) is 18.7. The number of carbonyl (C=O) groups is 1. The van der Waals surface area contributed by atoms with E-state index in [1.807, 2.05) is 30.3 Å². The Kier molecular flexibility index (Phi) is 5.74. The molecule has 1 N–H and O–H groups in total. The molecule has 26 heavy (non-hydrogen) atoms. The first-order valence-electron chi connectivity index (χ1n) is 7.89. The lowest BCUT2D eigenvalue weighted by molar-refractivity contribution is -0.118. The lowest BCUT2D eigenvalue weighted by Crippen LogP contribution is -2.32. The number of aryl methyl sites for hydroxylation is 1. The van der Waals surface area contributed by atoms with Crippen LogP contribution in [0.4, 0.5) is 0 Å². The first kappa shape index (κ1) is 17.8. The van der Waals surface area contributed by atoms with Gasteiger partial charge in [0.05, 0.1) is 18.0 Å². The van der Waals surface area contributed by atoms with Crippen LogP contribution in [0.25, 0.3) is 11.3 Å². The molecule has 3 rings (SSSR count). The van der Waals surface area contributed by atoms with Crippen molar-refractivity contribution in [2.24, 2.45) is 7.05 Å². The second-order valence-electron chi connectivity index (χ2n) is 5.37. The molecule has 9 nitrogen and oxygen atoms in total. The van der Waals surface area contributed by atoms with Gasteiger partial charge in [0, 0.05) is 25.2 Å². The molecule has 0 radical (unpaired) electrons. The number of thioether (sulfide) groups is 1. The van der Waals surface area contributed by atoms with Crippen molar-refractivity contribution in [3.63, 3.8) is 0 Å². The molecule has 0 saturated heterocycles. The number of nitrogens with zero attached hydrogens (tertiary/aromatic N) is 6. The van der Waals surface area contributed by atoms with Gasteiger partial charge in [-0.1, -0.05) is 42.1 Å². The molecule has 1 amide bonds. The second kappa shape index (κ2) is 8.39. The van der Waals surface area contributed by atoms with Gasteiger partial charge in [0.25, 0.3) is 5.56 Å². The summed E-state index contributed by atoms with van der Waals surface area (Å²) < 4.78 is 2.85. The fourth-order valence-corrected chi connectivity index (χ4v) is 2.88. The molecule has 0 bridgehead atoms. The molecule has 0 spiro atoms. The van der Waals surface area contributed by atoms with Crippen molar-refractivity contribution in [2.75, 3.05) is 12.3 Å². The molecule has 0 aliphatic carbocycles. The SMILES string of the molecule is Cn1nnnc1SCC(=O)NCCn1nc(-c2ccccc2)ccc1=O. The van der Waals surface area contributed by atoms with Crippen molar-refractivity contribution >= 4 is 17.7 Å². The van der Waals surface area contributed by atoms with Crippen LogP contribution in [0.5, 0.6) is 0 Å². The van der Waals surface area contributed by atoms with Crippen LogP contribution in [-0.4, -0.2) is 48.2 Å². The molecule has 0 unspecified atom stereocenters. The fourth-order valence-electron chi connectivity index (χ4n) is 2.20. The standard InChI is InChI=1S/C16H17N7O2S/c1-22-16(18-20-21-22)26-11-14(24)17-9-10-23-15(25)8-7-13(19-23)12-5-3-2-4-6-12/h2-8H,9-11H2,1H3,(H,17,24). The van der Waals surface area contributed by atoms with Crippen LogP contribution in [0, 0.1) is 0 Å². The Balaban J connectivity index is 1.53. The molecule has 3 aromatic rings. The predicted molar refractivity (Wildman–Crippen MR) is 96.5 cm³/mol. The molecule has 0 saturated carbocycles. The predicted octanol–water partition coefficient (Wildman–Crippen LogP) is 0.342. The van der Waals surface area contributed by atoms with Gasteiger partial charge < -0.3 is 5.32 Å². The van der Waals surface area contributed by atoms with Crippen LogP contribution in [-0.2, 0) is 18.4 Å². The topological polar surface area (TPSA) is 108 Å². The summed E-state index contributed by atoms with van der Waals surface area (Å²) in [6, 6.07) is 12.8. The molecule has 10 heteroatoms. The minimum Gasteiger partial charge on any atom is -0.354 e. The fraction of sp³-hybridized carbons (Fsp3) is 0.250. The van der Waals surface area contributed by atoms with Crippen LogP contribution in [0.1, 0.15) is 0 Å². The van der Waals surface area contributed by atoms with Gasteiger partial charge in [-0.2, -0.15) is 5.10 Å². The number of hydrogen-bond donors (Lipinski definition) is 1. The number of rotatable bonds is 7. The minimum absolute atomic E-state index is 0.162. The zero-order valence-corrected chi connectivity index (χ0v) is 14.9. The quantitative estimate of drug-likeness (QED) is 0.597. The average Bonchev–Trinajstić information content (AvgIpc) is 3.07. The summed E-state index contributed by atoms with van der Waals surface area (Å²) in [6.07, 6.45) is 0. The number of carbonyl (C=O) groups excluding carboxylic acids is 1. The van der Waals surface area contributed by atoms with E-state index in [1.165, 1.54) is 27.2 Å². The Labute approximate surface area is 153 Å². The number of aromatic nitrogens is 6. The van der Waals surface area contributed by atoms with E-state index in [4.69, 9.17) is 0 Å². The average molecular weight is 371 g/mol. The van der Waals surface area contributed by atoms with E-state index in [2.05, 4.69) is 25.9 Å². The highest BCUT2D eigenvalue weighted by atomic mass is 32.2. The largest absolute Gasteiger partial charge is 0.354 e. The summed E-state index contributed by atoms with van der Waals surface area (Å²) in [7, 11) is 1.71. The van der Waals surface area contributed by atoms with E-state index in [-0.39, 0.29) is 17.2 Å². The Hall–Kier alpha value is -3.01. The van der Waals surface area contributed by atoms with Crippen LogP contribution in [0.15, 0.2) is 52.4 Å². The van der Waals surface area contributed by atoms with Crippen LogP contribution < -0.4 is 10.9 Å². The zero-order chi connectivity index (χ0) is 18.4. The Morgan fingerprint density at radius 2 is 2.00 bits per heavy atom. The maximum atomic E-state index is 12.0. The van der Waals surface area contributed by atoms with Gasteiger partial charge in [0.15, 0.2) is 0 Å². The molecule has 1 aromatic carbocycles. The Bertz CT molecular complexity index is 939. The van der Waals surface area contributed by atoms with E-state index in [1.54, 1.807) is 13.1 Å². The highest BCUT2D eigenvalue weighted by Crippen LogP contribution is 2.14. The third-order valence-corrected chi connectivity index (χ3v) is 4.51. The van der Waals surface area contributed by atoms with Crippen LogP contribution >= 0.6 is 11.8 Å². The summed E-state index contributed by atoms with van der Waals surface area (Å²) >= 11 is 1.24. The number of hydrogen-bond acceptors (Lipinski definition) is 7. The summed E-state index contributed by atoms with van der Waals surface area (Å²) in [6.45, 7) is 0.600. The normalized spacial score (nSPS) is 10.7. The van der Waals surface area contributed by atoms with E-state index in [0.29, 0.717) is 23.9 Å². The molecule has 0 atom stereocenters. The molecular formula is C16H17N7O2S. The first-order chi connectivity index (χ1) is 12.6. The molecule has 2 aromatic heterocycles. The number of benzene rings is 1. The number of amides is 1. The molecular weight excluding hydrogens is 354 g/mol. The van der Waals surface area contributed by atoms with E-state index in [0.717, 1.165) is 5.56 Å². The van der Waals surface area contributed by atoms with Gasteiger partial charge in [0.2, 0.25) is 11.1 Å². The number of nitrogens with one attached hydrogen (secondary N) is 1. The highest BCUT2D eigenvalue weighted by Gasteiger charge is 2.08. The van der Waals surface area contributed by atoms with Crippen molar-refractivity contribution in [1.82, 2.24) is 35.3 Å². The summed E-state index contributed by atoms with van der Waals surface area (Å²) in [4.78, 5) is 23.9.